The molecule has 1 saturated carbocycles. The Hall–Kier alpha value is -1.64. The van der Waals surface area contributed by atoms with Gasteiger partial charge in [0.2, 0.25) is 0 Å². The number of hydrogen-bond donors (Lipinski definition) is 1. The molecule has 0 amide bonds. The molecule has 0 aliphatic heterocycles. The summed E-state index contributed by atoms with van der Waals surface area (Å²) < 4.78 is 6.13. The molecule has 0 unspecified atom stereocenters. The van der Waals surface area contributed by atoms with Crippen LogP contribution in [0.1, 0.15) is 24.0 Å². The number of rotatable bonds is 6. The minimum absolute atomic E-state index is 0.354. The largest absolute Gasteiger partial charge is 0.357 e. The average molecular weight is 267 g/mol. The first-order valence-corrected chi connectivity index (χ1v) is 7.28. The number of benzene rings is 2. The first kappa shape index (κ1) is 13.3. The molecule has 3 rings (SSSR count). The number of nitrogens with two attached hydrogens (primary N) is 1. The van der Waals surface area contributed by atoms with Crippen molar-refractivity contribution in [1.29, 1.82) is 0 Å². The lowest BCUT2D eigenvalue weighted by molar-refractivity contribution is -0.0520. The predicted octanol–water partition coefficient (Wildman–Crippen LogP) is 3.31. The van der Waals surface area contributed by atoms with Gasteiger partial charge in [-0.1, -0.05) is 60.7 Å². The highest BCUT2D eigenvalue weighted by molar-refractivity contribution is 5.21. The smallest absolute Gasteiger partial charge is 0.125 e. The van der Waals surface area contributed by atoms with Gasteiger partial charge in [-0.2, -0.15) is 0 Å². The standard InChI is InChI=1S/C18H21NO/c19-18(20-17-11-12-17,13-15-7-3-1-4-8-15)14-16-9-5-2-6-10-16/h1-10,17H,11-14,19H2. The monoisotopic (exact) mass is 267 g/mol. The van der Waals surface area contributed by atoms with Crippen LogP contribution in [0.4, 0.5) is 0 Å². The Kier molecular flexibility index (Phi) is 3.86. The highest BCUT2D eigenvalue weighted by Crippen LogP contribution is 2.30. The van der Waals surface area contributed by atoms with E-state index < -0.39 is 5.72 Å². The molecule has 104 valence electrons. The van der Waals surface area contributed by atoms with Crippen LogP contribution in [-0.2, 0) is 17.6 Å². The summed E-state index contributed by atoms with van der Waals surface area (Å²) in [4.78, 5) is 0. The van der Waals surface area contributed by atoms with Crippen molar-refractivity contribution >= 4 is 0 Å². The van der Waals surface area contributed by atoms with E-state index in [1.165, 1.54) is 11.1 Å². The van der Waals surface area contributed by atoms with E-state index in [1.807, 2.05) is 12.1 Å². The minimum Gasteiger partial charge on any atom is -0.357 e. The molecule has 0 atom stereocenters. The molecule has 1 aliphatic rings. The predicted molar refractivity (Wildman–Crippen MR) is 81.3 cm³/mol. The Bertz CT molecular complexity index is 492. The summed E-state index contributed by atoms with van der Waals surface area (Å²) in [6, 6.07) is 20.7. The van der Waals surface area contributed by atoms with Gasteiger partial charge in [0.1, 0.15) is 5.72 Å². The van der Waals surface area contributed by atoms with Crippen LogP contribution in [-0.4, -0.2) is 11.8 Å². The molecule has 1 aliphatic carbocycles. The zero-order valence-electron chi connectivity index (χ0n) is 11.7. The summed E-state index contributed by atoms with van der Waals surface area (Å²) in [7, 11) is 0. The third-order valence-corrected chi connectivity index (χ3v) is 3.62. The molecular formula is C18H21NO. The highest BCUT2D eigenvalue weighted by atomic mass is 16.5. The van der Waals surface area contributed by atoms with E-state index in [0.717, 1.165) is 25.7 Å². The first-order chi connectivity index (χ1) is 9.73. The SMILES string of the molecule is NC(Cc1ccccc1)(Cc1ccccc1)OC1CC1. The highest BCUT2D eigenvalue weighted by Gasteiger charge is 2.35. The molecule has 0 saturated heterocycles. The van der Waals surface area contributed by atoms with Crippen LogP contribution in [0, 0.1) is 0 Å². The Balaban J connectivity index is 1.76. The van der Waals surface area contributed by atoms with Gasteiger partial charge in [0, 0.05) is 12.8 Å². The zero-order valence-corrected chi connectivity index (χ0v) is 11.7. The lowest BCUT2D eigenvalue weighted by Gasteiger charge is -2.30. The van der Waals surface area contributed by atoms with Crippen molar-refractivity contribution < 1.29 is 4.74 Å². The maximum Gasteiger partial charge on any atom is 0.125 e. The van der Waals surface area contributed by atoms with Gasteiger partial charge in [0.15, 0.2) is 0 Å². The fourth-order valence-corrected chi connectivity index (χ4v) is 2.55. The van der Waals surface area contributed by atoms with Gasteiger partial charge in [-0.25, -0.2) is 0 Å². The molecule has 20 heavy (non-hydrogen) atoms. The van der Waals surface area contributed by atoms with Crippen LogP contribution in [0.5, 0.6) is 0 Å². The lowest BCUT2D eigenvalue weighted by atomic mass is 9.96. The third-order valence-electron chi connectivity index (χ3n) is 3.62. The molecule has 2 aromatic rings. The second-order valence-corrected chi connectivity index (χ2v) is 5.71. The third kappa shape index (κ3) is 3.69. The molecule has 0 radical (unpaired) electrons. The van der Waals surface area contributed by atoms with E-state index in [0.29, 0.717) is 6.10 Å². The fraction of sp³-hybridized carbons (Fsp3) is 0.333. The summed E-state index contributed by atoms with van der Waals surface area (Å²) in [6.07, 6.45) is 4.14. The zero-order chi connectivity index (χ0) is 13.8. The Morgan fingerprint density at radius 3 is 1.70 bits per heavy atom. The van der Waals surface area contributed by atoms with Crippen molar-refractivity contribution in [3.05, 3.63) is 71.8 Å². The van der Waals surface area contributed by atoms with E-state index in [4.69, 9.17) is 10.5 Å². The van der Waals surface area contributed by atoms with E-state index >= 15 is 0 Å². The molecule has 2 N–H and O–H groups in total. The molecule has 0 heterocycles. The molecule has 0 bridgehead atoms. The van der Waals surface area contributed by atoms with Crippen LogP contribution in [0.2, 0.25) is 0 Å². The van der Waals surface area contributed by atoms with Crippen LogP contribution < -0.4 is 5.73 Å². The van der Waals surface area contributed by atoms with E-state index in [2.05, 4.69) is 48.5 Å². The van der Waals surface area contributed by atoms with E-state index in [9.17, 15) is 0 Å². The normalized spacial score (nSPS) is 15.2. The van der Waals surface area contributed by atoms with Gasteiger partial charge in [0.05, 0.1) is 6.10 Å². The molecule has 2 heteroatoms. The average Bonchev–Trinajstić information content (AvgIpc) is 3.24. The van der Waals surface area contributed by atoms with Crippen molar-refractivity contribution in [2.45, 2.75) is 37.5 Å². The quantitative estimate of drug-likeness (QED) is 0.815. The van der Waals surface area contributed by atoms with Gasteiger partial charge < -0.3 is 10.5 Å². The first-order valence-electron chi connectivity index (χ1n) is 7.28. The topological polar surface area (TPSA) is 35.2 Å². The maximum atomic E-state index is 6.58. The summed E-state index contributed by atoms with van der Waals surface area (Å²) in [6.45, 7) is 0. The van der Waals surface area contributed by atoms with Crippen LogP contribution in [0.15, 0.2) is 60.7 Å². The Morgan fingerprint density at radius 1 is 0.850 bits per heavy atom. The van der Waals surface area contributed by atoms with Gasteiger partial charge in [-0.15, -0.1) is 0 Å². The molecule has 1 fully saturated rings. The summed E-state index contributed by atoms with van der Waals surface area (Å²) in [5, 5.41) is 0. The molecule has 2 nitrogen and oxygen atoms in total. The second kappa shape index (κ2) is 5.78. The second-order valence-electron chi connectivity index (χ2n) is 5.71. The van der Waals surface area contributed by atoms with Crippen molar-refractivity contribution in [2.75, 3.05) is 0 Å². The van der Waals surface area contributed by atoms with Crippen molar-refractivity contribution in [1.82, 2.24) is 0 Å². The van der Waals surface area contributed by atoms with Crippen LogP contribution in [0.3, 0.4) is 0 Å². The molecule has 0 spiro atoms. The van der Waals surface area contributed by atoms with Crippen molar-refractivity contribution in [3.63, 3.8) is 0 Å². The summed E-state index contributed by atoms with van der Waals surface area (Å²) in [5.41, 5.74) is 8.43. The minimum atomic E-state index is -0.607. The molecular weight excluding hydrogens is 246 g/mol. The van der Waals surface area contributed by atoms with Gasteiger partial charge in [-0.05, 0) is 24.0 Å². The molecule has 0 aromatic heterocycles. The van der Waals surface area contributed by atoms with Gasteiger partial charge in [0.25, 0.3) is 0 Å². The van der Waals surface area contributed by atoms with E-state index in [1.54, 1.807) is 0 Å². The van der Waals surface area contributed by atoms with Crippen molar-refractivity contribution in [3.8, 4) is 0 Å². The van der Waals surface area contributed by atoms with Crippen LogP contribution >= 0.6 is 0 Å². The number of hydrogen-bond acceptors (Lipinski definition) is 2. The maximum absolute atomic E-state index is 6.58. The van der Waals surface area contributed by atoms with Crippen molar-refractivity contribution in [2.24, 2.45) is 5.73 Å². The Labute approximate surface area is 120 Å². The summed E-state index contributed by atoms with van der Waals surface area (Å²) in [5.74, 6) is 0. The van der Waals surface area contributed by atoms with E-state index in [-0.39, 0.29) is 0 Å². The lowest BCUT2D eigenvalue weighted by Crippen LogP contribution is -2.47. The Morgan fingerprint density at radius 2 is 1.30 bits per heavy atom. The fourth-order valence-electron chi connectivity index (χ4n) is 2.55. The number of ether oxygens (including phenoxy) is 1. The van der Waals surface area contributed by atoms with Gasteiger partial charge >= 0.3 is 0 Å². The summed E-state index contributed by atoms with van der Waals surface area (Å²) >= 11 is 0. The molecule has 2 aromatic carbocycles. The van der Waals surface area contributed by atoms with Crippen LogP contribution in [0.25, 0.3) is 0 Å². The van der Waals surface area contributed by atoms with Gasteiger partial charge in [-0.3, -0.25) is 0 Å².